The van der Waals surface area contributed by atoms with E-state index in [2.05, 4.69) is 0 Å². The monoisotopic (exact) mass is 336 g/mol. The molecule has 12 heavy (non-hydrogen) atoms. The van der Waals surface area contributed by atoms with Crippen LogP contribution in [-0.4, -0.2) is 16.9 Å². The van der Waals surface area contributed by atoms with Gasteiger partial charge < -0.3 is 5.11 Å². The summed E-state index contributed by atoms with van der Waals surface area (Å²) in [6, 6.07) is 0. The van der Waals surface area contributed by atoms with Gasteiger partial charge in [-0.3, -0.25) is 4.79 Å². The molecule has 0 aliphatic rings. The SMILES string of the molecule is CCCC(=O)C=C(C)C(=O)O.[Hf]. The van der Waals surface area contributed by atoms with E-state index < -0.39 is 5.97 Å². The first-order valence-electron chi connectivity index (χ1n) is 3.52. The molecule has 0 bridgehead atoms. The summed E-state index contributed by atoms with van der Waals surface area (Å²) >= 11 is 0. The van der Waals surface area contributed by atoms with Crippen molar-refractivity contribution in [2.75, 3.05) is 0 Å². The zero-order valence-electron chi connectivity index (χ0n) is 7.26. The Kier molecular flexibility index (Phi) is 8.81. The van der Waals surface area contributed by atoms with Crippen LogP contribution >= 0.6 is 0 Å². The molecule has 0 spiro atoms. The van der Waals surface area contributed by atoms with Gasteiger partial charge in [-0.25, -0.2) is 4.79 Å². The molecule has 0 unspecified atom stereocenters. The third kappa shape index (κ3) is 6.46. The minimum Gasteiger partial charge on any atom is -0.478 e. The zero-order valence-corrected chi connectivity index (χ0v) is 10.8. The second kappa shape index (κ2) is 7.40. The molecule has 0 saturated heterocycles. The maximum atomic E-state index is 10.8. The fourth-order valence-corrected chi connectivity index (χ4v) is 0.622. The topological polar surface area (TPSA) is 54.4 Å². The molecular formula is C8H12HfO3. The van der Waals surface area contributed by atoms with Gasteiger partial charge in [0.05, 0.1) is 0 Å². The molecule has 0 radical (unpaired) electrons. The van der Waals surface area contributed by atoms with Gasteiger partial charge in [0, 0.05) is 37.8 Å². The van der Waals surface area contributed by atoms with E-state index in [1.807, 2.05) is 6.92 Å². The first kappa shape index (κ1) is 14.3. The predicted octanol–water partition coefficient (Wildman–Crippen LogP) is 1.38. The fourth-order valence-electron chi connectivity index (χ4n) is 0.622. The van der Waals surface area contributed by atoms with Crippen LogP contribution in [0, 0.1) is 0 Å². The molecule has 0 aliphatic heterocycles. The Labute approximate surface area is 90.6 Å². The molecule has 66 valence electrons. The molecule has 0 aliphatic carbocycles. The average Bonchev–Trinajstić information content (AvgIpc) is 1.87. The van der Waals surface area contributed by atoms with Gasteiger partial charge in [0.15, 0.2) is 5.78 Å². The minimum atomic E-state index is -1.03. The van der Waals surface area contributed by atoms with E-state index in [0.717, 1.165) is 6.42 Å². The number of hydrogen-bond acceptors (Lipinski definition) is 2. The van der Waals surface area contributed by atoms with E-state index in [9.17, 15) is 9.59 Å². The van der Waals surface area contributed by atoms with Crippen molar-refractivity contribution in [2.24, 2.45) is 0 Å². The van der Waals surface area contributed by atoms with E-state index in [1.54, 1.807) is 0 Å². The van der Waals surface area contributed by atoms with Crippen LogP contribution in [0.3, 0.4) is 0 Å². The molecule has 0 heterocycles. The van der Waals surface area contributed by atoms with E-state index in [1.165, 1.54) is 13.0 Å². The van der Waals surface area contributed by atoms with Crippen LogP contribution in [-0.2, 0) is 35.4 Å². The van der Waals surface area contributed by atoms with Crippen LogP contribution in [0.4, 0.5) is 0 Å². The molecule has 4 heteroatoms. The summed E-state index contributed by atoms with van der Waals surface area (Å²) in [5.74, 6) is -1.15. The van der Waals surface area contributed by atoms with Crippen molar-refractivity contribution in [3.05, 3.63) is 11.6 Å². The Morgan fingerprint density at radius 3 is 2.25 bits per heavy atom. The van der Waals surface area contributed by atoms with Crippen molar-refractivity contribution in [1.82, 2.24) is 0 Å². The first-order chi connectivity index (χ1) is 5.07. The molecule has 0 fully saturated rings. The molecule has 0 atom stereocenters. The Bertz CT molecular complexity index is 196. The van der Waals surface area contributed by atoms with Gasteiger partial charge in [-0.15, -0.1) is 0 Å². The van der Waals surface area contributed by atoms with Crippen LogP contribution in [0.15, 0.2) is 11.6 Å². The molecular weight excluding hydrogens is 323 g/mol. The van der Waals surface area contributed by atoms with Crippen LogP contribution in [0.2, 0.25) is 0 Å². The van der Waals surface area contributed by atoms with E-state index in [-0.39, 0.29) is 37.2 Å². The maximum absolute atomic E-state index is 10.8. The largest absolute Gasteiger partial charge is 0.478 e. The number of ketones is 1. The molecule has 0 aromatic heterocycles. The summed E-state index contributed by atoms with van der Waals surface area (Å²) in [6.45, 7) is 3.29. The number of hydrogen-bond donors (Lipinski definition) is 1. The number of carbonyl (C=O) groups is 2. The summed E-state index contributed by atoms with van der Waals surface area (Å²) in [5.41, 5.74) is 0.100. The second-order valence-electron chi connectivity index (χ2n) is 2.35. The van der Waals surface area contributed by atoms with Gasteiger partial charge in [-0.2, -0.15) is 0 Å². The summed E-state index contributed by atoms with van der Waals surface area (Å²) in [6.07, 6.45) is 2.35. The average molecular weight is 335 g/mol. The quantitative estimate of drug-likeness (QED) is 0.624. The van der Waals surface area contributed by atoms with E-state index in [4.69, 9.17) is 5.11 Å². The van der Waals surface area contributed by atoms with Crippen molar-refractivity contribution in [3.63, 3.8) is 0 Å². The van der Waals surface area contributed by atoms with E-state index >= 15 is 0 Å². The third-order valence-corrected chi connectivity index (χ3v) is 1.21. The van der Waals surface area contributed by atoms with Crippen molar-refractivity contribution in [1.29, 1.82) is 0 Å². The summed E-state index contributed by atoms with van der Waals surface area (Å²) in [5, 5.41) is 8.38. The second-order valence-corrected chi connectivity index (χ2v) is 2.35. The van der Waals surface area contributed by atoms with Gasteiger partial charge >= 0.3 is 5.97 Å². The van der Waals surface area contributed by atoms with Crippen molar-refractivity contribution < 1.29 is 40.5 Å². The molecule has 0 aromatic rings. The third-order valence-electron chi connectivity index (χ3n) is 1.21. The Hall–Kier alpha value is -0.250. The van der Waals surface area contributed by atoms with Crippen molar-refractivity contribution >= 4 is 11.8 Å². The molecule has 3 nitrogen and oxygen atoms in total. The van der Waals surface area contributed by atoms with Gasteiger partial charge in [-0.05, 0) is 19.4 Å². The van der Waals surface area contributed by atoms with E-state index in [0.29, 0.717) is 6.42 Å². The summed E-state index contributed by atoms with van der Waals surface area (Å²) in [4.78, 5) is 21.0. The minimum absolute atomic E-state index is 0. The van der Waals surface area contributed by atoms with Gasteiger partial charge in [-0.1, -0.05) is 6.92 Å². The number of carboxylic acids is 1. The molecule has 0 amide bonds. The van der Waals surface area contributed by atoms with Crippen LogP contribution in [0.25, 0.3) is 0 Å². The van der Waals surface area contributed by atoms with Gasteiger partial charge in [0.1, 0.15) is 0 Å². The van der Waals surface area contributed by atoms with Crippen LogP contribution in [0.5, 0.6) is 0 Å². The van der Waals surface area contributed by atoms with Gasteiger partial charge in [0.2, 0.25) is 0 Å². The molecule has 0 aromatic carbocycles. The van der Waals surface area contributed by atoms with Gasteiger partial charge in [0.25, 0.3) is 0 Å². The Balaban J connectivity index is 0. The maximum Gasteiger partial charge on any atom is 0.331 e. The molecule has 0 rings (SSSR count). The van der Waals surface area contributed by atoms with Crippen LogP contribution in [0.1, 0.15) is 26.7 Å². The van der Waals surface area contributed by atoms with Crippen molar-refractivity contribution in [3.8, 4) is 0 Å². The predicted molar refractivity (Wildman–Crippen MR) is 41.3 cm³/mol. The Morgan fingerprint density at radius 2 is 1.92 bits per heavy atom. The number of allylic oxidation sites excluding steroid dienone is 1. The normalized spacial score (nSPS) is 10.3. The van der Waals surface area contributed by atoms with Crippen LogP contribution < -0.4 is 0 Å². The molecule has 1 N–H and O–H groups in total. The summed E-state index contributed by atoms with van der Waals surface area (Å²) in [7, 11) is 0. The summed E-state index contributed by atoms with van der Waals surface area (Å²) < 4.78 is 0. The smallest absolute Gasteiger partial charge is 0.331 e. The number of aliphatic carboxylic acids is 1. The number of carboxylic acid groups (broad SMARTS) is 1. The first-order valence-corrected chi connectivity index (χ1v) is 3.52. The molecule has 0 saturated carbocycles. The standard InChI is InChI=1S/C8H12O3.Hf/c1-3-4-7(9)5-6(2)8(10)11;/h5H,3-4H2,1-2H3,(H,10,11);. The van der Waals surface area contributed by atoms with Crippen molar-refractivity contribution in [2.45, 2.75) is 26.7 Å². The fraction of sp³-hybridized carbons (Fsp3) is 0.500. The zero-order chi connectivity index (χ0) is 8.85. The number of carbonyl (C=O) groups excluding carboxylic acids is 1. The Morgan fingerprint density at radius 1 is 1.42 bits per heavy atom. The number of rotatable bonds is 4.